The molecule has 0 spiro atoms. The number of amides is 6. The number of phenolic OH excluding ortho intramolecular Hbond substituents is 1. The fraction of sp³-hybridized carbons (Fsp3) is 0.689. The van der Waals surface area contributed by atoms with Crippen LogP contribution in [0.2, 0.25) is 0 Å². The number of ether oxygens (including phenoxy) is 3. The summed E-state index contributed by atoms with van der Waals surface area (Å²) in [7, 11) is 1.21. The maximum atomic E-state index is 14.4. The van der Waals surface area contributed by atoms with Crippen LogP contribution in [-0.4, -0.2) is 130 Å². The Labute approximate surface area is 371 Å². The first-order chi connectivity index (χ1) is 29.3. The summed E-state index contributed by atoms with van der Waals surface area (Å²) in [6.07, 6.45) is 0.838. The third kappa shape index (κ3) is 15.7. The first-order valence-corrected chi connectivity index (χ1v) is 21.9. The molecule has 18 nitrogen and oxygen atoms in total. The van der Waals surface area contributed by atoms with E-state index in [1.54, 1.807) is 74.4 Å². The van der Waals surface area contributed by atoms with E-state index in [9.17, 15) is 43.5 Å². The molecule has 63 heavy (non-hydrogen) atoms. The molecule has 0 radical (unpaired) electrons. The van der Waals surface area contributed by atoms with E-state index in [2.05, 4.69) is 21.3 Å². The third-order valence-corrected chi connectivity index (χ3v) is 10.9. The molecule has 18 heteroatoms. The normalized spacial score (nSPS) is 18.9. The van der Waals surface area contributed by atoms with Crippen LogP contribution in [0.3, 0.4) is 0 Å². The number of methoxy groups -OCH3 is 1. The van der Waals surface area contributed by atoms with Crippen molar-refractivity contribution in [1.82, 2.24) is 31.1 Å². The number of carbonyl (C=O) groups is 8. The highest BCUT2D eigenvalue weighted by atomic mass is 16.6. The SMILES string of the molecule is CC[C@H](C)[C@H](NC(=O)[C@@H]1CCCN1C(=O)[C@H](CCC(=O)OC(C)(C)C)NC(=O)[C@@H](NC(=O)OC(C)(C)C)C(C)C)C(=O)N1CCC[C@H]1C(=O)N[C@@H](Cc1ccc(O)cc1)C(=O)OC. The van der Waals surface area contributed by atoms with Crippen molar-refractivity contribution in [3.05, 3.63) is 29.8 Å². The number of nitrogens with one attached hydrogen (secondary N) is 4. The number of hydrogen-bond acceptors (Lipinski definition) is 12. The molecule has 2 aliphatic rings. The van der Waals surface area contributed by atoms with E-state index in [1.807, 2.05) is 6.92 Å². The number of aromatic hydroxyl groups is 1. The lowest BCUT2D eigenvalue weighted by Crippen LogP contribution is -2.60. The Morgan fingerprint density at radius 2 is 1.27 bits per heavy atom. The average Bonchev–Trinajstić information content (AvgIpc) is 3.90. The maximum absolute atomic E-state index is 14.4. The summed E-state index contributed by atoms with van der Waals surface area (Å²) in [6, 6.07) is -0.349. The van der Waals surface area contributed by atoms with E-state index < -0.39 is 101 Å². The van der Waals surface area contributed by atoms with E-state index in [1.165, 1.54) is 29.0 Å². The van der Waals surface area contributed by atoms with Gasteiger partial charge in [0.2, 0.25) is 29.5 Å². The molecular weight excluding hydrogens is 817 g/mol. The molecule has 3 rings (SSSR count). The van der Waals surface area contributed by atoms with Crippen molar-refractivity contribution >= 4 is 47.6 Å². The number of alkyl carbamates (subject to hydrolysis) is 1. The standard InChI is InChI=1S/C45H70N6O12/c1-12-27(4)36(41(58)51-24-14-15-32(51)37(54)47-31(42(59)61-11)25-28-17-19-29(52)20-18-28)48-38(55)33-16-13-23-50(33)40(57)30(21-22-34(53)62-44(5,6)7)46-39(56)35(26(2)3)49-43(60)63-45(8,9)10/h17-20,26-27,30-33,35-36,52H,12-16,21-25H2,1-11H3,(H,46,56)(H,47,54)(H,48,55)(H,49,60)/t27-,30-,31-,32-,33-,35-,36-/m0/s1. The highest BCUT2D eigenvalue weighted by molar-refractivity contribution is 5.97. The Morgan fingerprint density at radius 3 is 1.78 bits per heavy atom. The largest absolute Gasteiger partial charge is 0.508 e. The van der Waals surface area contributed by atoms with Crippen LogP contribution in [0.5, 0.6) is 5.75 Å². The predicted octanol–water partition coefficient (Wildman–Crippen LogP) is 3.26. The van der Waals surface area contributed by atoms with Gasteiger partial charge in [-0.05, 0) is 103 Å². The second-order valence-electron chi connectivity index (χ2n) is 18.8. The molecule has 6 amide bonds. The zero-order valence-electron chi connectivity index (χ0n) is 38.8. The molecule has 0 aromatic heterocycles. The minimum Gasteiger partial charge on any atom is -0.508 e. The summed E-state index contributed by atoms with van der Waals surface area (Å²) in [5, 5.41) is 20.6. The van der Waals surface area contributed by atoms with E-state index in [4.69, 9.17) is 14.2 Å². The molecule has 2 fully saturated rings. The highest BCUT2D eigenvalue weighted by Gasteiger charge is 2.44. The molecule has 2 saturated heterocycles. The Balaban J connectivity index is 1.83. The first-order valence-electron chi connectivity index (χ1n) is 21.9. The van der Waals surface area contributed by atoms with Gasteiger partial charge in [-0.1, -0.05) is 46.2 Å². The lowest BCUT2D eigenvalue weighted by Gasteiger charge is -2.34. The van der Waals surface area contributed by atoms with Crippen LogP contribution in [0.1, 0.15) is 120 Å². The number of likely N-dealkylation sites (tertiary alicyclic amines) is 2. The van der Waals surface area contributed by atoms with Gasteiger partial charge < -0.3 is 50.4 Å². The van der Waals surface area contributed by atoms with Gasteiger partial charge in [0.25, 0.3) is 0 Å². The summed E-state index contributed by atoms with van der Waals surface area (Å²) in [6.45, 7) is 17.6. The Hall–Kier alpha value is -5.42. The molecule has 5 N–H and O–H groups in total. The Kier molecular flexibility index (Phi) is 18.8. The maximum Gasteiger partial charge on any atom is 0.408 e. The van der Waals surface area contributed by atoms with Gasteiger partial charge >= 0.3 is 18.0 Å². The minimum absolute atomic E-state index is 0.0435. The Morgan fingerprint density at radius 1 is 0.730 bits per heavy atom. The van der Waals surface area contributed by atoms with Crippen LogP contribution in [-0.2, 0) is 54.2 Å². The Bertz CT molecular complexity index is 1790. The topological polar surface area (TPSA) is 239 Å². The molecule has 0 unspecified atom stereocenters. The van der Waals surface area contributed by atoms with Crippen LogP contribution >= 0.6 is 0 Å². The zero-order valence-corrected chi connectivity index (χ0v) is 38.8. The number of rotatable bonds is 18. The van der Waals surface area contributed by atoms with Crippen LogP contribution in [0.4, 0.5) is 4.79 Å². The molecule has 0 aliphatic carbocycles. The van der Waals surface area contributed by atoms with Gasteiger partial charge in [-0.2, -0.15) is 0 Å². The molecule has 1 aromatic rings. The van der Waals surface area contributed by atoms with Crippen molar-refractivity contribution in [2.24, 2.45) is 11.8 Å². The van der Waals surface area contributed by atoms with Gasteiger partial charge in [0, 0.05) is 25.9 Å². The van der Waals surface area contributed by atoms with E-state index >= 15 is 0 Å². The van der Waals surface area contributed by atoms with Crippen LogP contribution in [0, 0.1) is 11.8 Å². The minimum atomic E-state index is -1.29. The van der Waals surface area contributed by atoms with Crippen LogP contribution in [0.15, 0.2) is 24.3 Å². The average molecular weight is 887 g/mol. The molecule has 0 bridgehead atoms. The zero-order chi connectivity index (χ0) is 47.4. The molecular formula is C45H70N6O12. The summed E-state index contributed by atoms with van der Waals surface area (Å²) < 4.78 is 15.8. The third-order valence-electron chi connectivity index (χ3n) is 10.9. The van der Waals surface area contributed by atoms with Crippen molar-refractivity contribution < 1.29 is 57.7 Å². The number of benzene rings is 1. The van der Waals surface area contributed by atoms with Gasteiger partial charge in [0.1, 0.15) is 53.2 Å². The van der Waals surface area contributed by atoms with E-state index in [0.717, 1.165) is 0 Å². The van der Waals surface area contributed by atoms with Crippen molar-refractivity contribution in [3.8, 4) is 5.75 Å². The number of esters is 2. The summed E-state index contributed by atoms with van der Waals surface area (Å²) >= 11 is 0. The second kappa shape index (κ2) is 22.8. The van der Waals surface area contributed by atoms with Gasteiger partial charge in [-0.15, -0.1) is 0 Å². The molecule has 352 valence electrons. The smallest absolute Gasteiger partial charge is 0.408 e. The highest BCUT2D eigenvalue weighted by Crippen LogP contribution is 2.25. The fourth-order valence-electron chi connectivity index (χ4n) is 7.53. The lowest BCUT2D eigenvalue weighted by molar-refractivity contribution is -0.155. The predicted molar refractivity (Wildman–Crippen MR) is 232 cm³/mol. The van der Waals surface area contributed by atoms with Crippen molar-refractivity contribution in [2.45, 2.75) is 168 Å². The summed E-state index contributed by atoms with van der Waals surface area (Å²) in [4.78, 5) is 112. The fourth-order valence-corrected chi connectivity index (χ4v) is 7.53. The monoisotopic (exact) mass is 887 g/mol. The van der Waals surface area contributed by atoms with Crippen molar-refractivity contribution in [2.75, 3.05) is 20.2 Å². The number of nitrogens with zero attached hydrogens (tertiary/aromatic N) is 2. The first kappa shape index (κ1) is 51.9. The van der Waals surface area contributed by atoms with Crippen molar-refractivity contribution in [3.63, 3.8) is 0 Å². The van der Waals surface area contributed by atoms with Gasteiger partial charge in [-0.3, -0.25) is 28.8 Å². The summed E-state index contributed by atoms with van der Waals surface area (Å²) in [5.74, 6) is -5.01. The van der Waals surface area contributed by atoms with Crippen LogP contribution < -0.4 is 21.3 Å². The summed E-state index contributed by atoms with van der Waals surface area (Å²) in [5.41, 5.74) is -0.983. The lowest BCUT2D eigenvalue weighted by atomic mass is 9.96. The molecule has 7 atom stereocenters. The molecule has 0 saturated carbocycles. The number of phenols is 1. The van der Waals surface area contributed by atoms with E-state index in [0.29, 0.717) is 31.2 Å². The van der Waals surface area contributed by atoms with Crippen molar-refractivity contribution in [1.29, 1.82) is 0 Å². The van der Waals surface area contributed by atoms with Gasteiger partial charge in [-0.25, -0.2) is 9.59 Å². The van der Waals surface area contributed by atoms with Gasteiger partial charge in [0.05, 0.1) is 7.11 Å². The molecule has 2 heterocycles. The number of hydrogen-bond donors (Lipinski definition) is 5. The number of carbonyl (C=O) groups excluding carboxylic acids is 8. The van der Waals surface area contributed by atoms with Gasteiger partial charge in [0.15, 0.2) is 0 Å². The van der Waals surface area contributed by atoms with Crippen LogP contribution in [0.25, 0.3) is 0 Å². The van der Waals surface area contributed by atoms with E-state index in [-0.39, 0.29) is 50.4 Å². The molecule has 1 aromatic carbocycles. The molecule has 2 aliphatic heterocycles. The second-order valence-corrected chi connectivity index (χ2v) is 18.8. The quantitative estimate of drug-likeness (QED) is 0.106.